The summed E-state index contributed by atoms with van der Waals surface area (Å²) in [5.41, 5.74) is 3.07. The van der Waals surface area contributed by atoms with Crippen LogP contribution in [0.1, 0.15) is 43.2 Å². The number of amides is 1. The predicted octanol–water partition coefficient (Wildman–Crippen LogP) is 3.24. The van der Waals surface area contributed by atoms with Crippen molar-refractivity contribution in [1.82, 2.24) is 9.80 Å². The quantitative estimate of drug-likeness (QED) is 0.833. The molecule has 0 aliphatic carbocycles. The topological polar surface area (TPSA) is 32.8 Å². The number of rotatable bonds is 3. The van der Waals surface area contributed by atoms with Gasteiger partial charge in [0.15, 0.2) is 0 Å². The second kappa shape index (κ2) is 7.69. The van der Waals surface area contributed by atoms with Gasteiger partial charge in [-0.25, -0.2) is 0 Å². The summed E-state index contributed by atoms with van der Waals surface area (Å²) < 4.78 is 5.42. The van der Waals surface area contributed by atoms with Gasteiger partial charge in [0.2, 0.25) is 5.91 Å². The molecule has 4 heteroatoms. The summed E-state index contributed by atoms with van der Waals surface area (Å²) in [5, 5.41) is 0. The van der Waals surface area contributed by atoms with Crippen molar-refractivity contribution in [1.29, 1.82) is 0 Å². The summed E-state index contributed by atoms with van der Waals surface area (Å²) in [6.07, 6.45) is 5.51. The molecule has 3 saturated heterocycles. The molecule has 1 aromatic carbocycles. The van der Waals surface area contributed by atoms with Gasteiger partial charge in [-0.3, -0.25) is 9.69 Å². The van der Waals surface area contributed by atoms with Crippen molar-refractivity contribution in [2.75, 3.05) is 39.4 Å². The van der Waals surface area contributed by atoms with E-state index in [4.69, 9.17) is 4.74 Å². The van der Waals surface area contributed by atoms with E-state index in [1.807, 2.05) is 0 Å². The van der Waals surface area contributed by atoms with Gasteiger partial charge in [-0.1, -0.05) is 29.8 Å². The number of piperidine rings is 1. The lowest BCUT2D eigenvalue weighted by Gasteiger charge is -2.40. The first kappa shape index (κ1) is 18.0. The van der Waals surface area contributed by atoms with Gasteiger partial charge >= 0.3 is 0 Å². The van der Waals surface area contributed by atoms with Crippen LogP contribution in [0.25, 0.3) is 0 Å². The van der Waals surface area contributed by atoms with E-state index in [-0.39, 0.29) is 5.92 Å². The molecule has 3 aliphatic rings. The third-order valence-corrected chi connectivity index (χ3v) is 6.55. The minimum absolute atomic E-state index is 0.200. The molecule has 1 aromatic rings. The molecule has 4 rings (SSSR count). The first-order valence-corrected chi connectivity index (χ1v) is 10.3. The average molecular weight is 357 g/mol. The summed E-state index contributed by atoms with van der Waals surface area (Å²) in [4.78, 5) is 17.7. The molecule has 0 bridgehead atoms. The standard InChI is InChI=1S/C22H32N2O2/c1-18-4-2-5-19(14-18)15-23-10-3-8-22(16-23)9-11-24(17-22)21(25)20-6-12-26-13-7-20/h2,4-5,14,20H,3,6-13,15-17H2,1H3. The van der Waals surface area contributed by atoms with Gasteiger partial charge in [-0.2, -0.15) is 0 Å². The molecule has 0 saturated carbocycles. The van der Waals surface area contributed by atoms with Crippen LogP contribution in [0.5, 0.6) is 0 Å². The highest BCUT2D eigenvalue weighted by Gasteiger charge is 2.43. The Kier molecular flexibility index (Phi) is 5.32. The summed E-state index contributed by atoms with van der Waals surface area (Å²) in [6.45, 7) is 8.94. The zero-order valence-electron chi connectivity index (χ0n) is 16.1. The SMILES string of the molecule is Cc1cccc(CN2CCCC3(CCN(C(=O)C4CCOCC4)C3)C2)c1. The maximum Gasteiger partial charge on any atom is 0.225 e. The molecule has 1 amide bonds. The molecule has 0 N–H and O–H groups in total. The highest BCUT2D eigenvalue weighted by atomic mass is 16.5. The number of nitrogens with zero attached hydrogens (tertiary/aromatic N) is 2. The van der Waals surface area contributed by atoms with Gasteiger partial charge < -0.3 is 9.64 Å². The van der Waals surface area contributed by atoms with Crippen LogP contribution >= 0.6 is 0 Å². The molecule has 3 aliphatic heterocycles. The van der Waals surface area contributed by atoms with Crippen LogP contribution in [-0.2, 0) is 16.1 Å². The fourth-order valence-electron chi connectivity index (χ4n) is 5.17. The number of hydrogen-bond acceptors (Lipinski definition) is 3. The fraction of sp³-hybridized carbons (Fsp3) is 0.682. The molecule has 3 fully saturated rings. The van der Waals surface area contributed by atoms with E-state index in [1.165, 1.54) is 36.9 Å². The van der Waals surface area contributed by atoms with Gasteiger partial charge in [0.25, 0.3) is 0 Å². The number of benzene rings is 1. The van der Waals surface area contributed by atoms with Gasteiger partial charge in [0, 0.05) is 50.7 Å². The van der Waals surface area contributed by atoms with Crippen molar-refractivity contribution in [3.8, 4) is 0 Å². The third kappa shape index (κ3) is 3.96. The van der Waals surface area contributed by atoms with E-state index in [9.17, 15) is 4.79 Å². The fourth-order valence-corrected chi connectivity index (χ4v) is 5.17. The molecular weight excluding hydrogens is 324 g/mol. The first-order valence-electron chi connectivity index (χ1n) is 10.3. The maximum absolute atomic E-state index is 12.9. The van der Waals surface area contributed by atoms with Crippen molar-refractivity contribution in [3.05, 3.63) is 35.4 Å². The molecular formula is C22H32N2O2. The van der Waals surface area contributed by atoms with Gasteiger partial charge in [0.1, 0.15) is 0 Å². The van der Waals surface area contributed by atoms with Crippen LogP contribution in [0.3, 0.4) is 0 Å². The summed E-state index contributed by atoms with van der Waals surface area (Å²) >= 11 is 0. The Labute approximate surface area is 157 Å². The second-order valence-corrected chi connectivity index (χ2v) is 8.70. The van der Waals surface area contributed by atoms with Crippen molar-refractivity contribution in [2.45, 2.75) is 45.6 Å². The Morgan fingerprint density at radius 3 is 2.85 bits per heavy atom. The van der Waals surface area contributed by atoms with Crippen molar-refractivity contribution in [2.24, 2.45) is 11.3 Å². The minimum atomic E-state index is 0.200. The van der Waals surface area contributed by atoms with E-state index in [1.54, 1.807) is 0 Å². The monoisotopic (exact) mass is 356 g/mol. The Morgan fingerprint density at radius 1 is 1.19 bits per heavy atom. The molecule has 26 heavy (non-hydrogen) atoms. The molecule has 4 nitrogen and oxygen atoms in total. The van der Waals surface area contributed by atoms with Crippen LogP contribution in [0.4, 0.5) is 0 Å². The maximum atomic E-state index is 12.9. The van der Waals surface area contributed by atoms with Crippen LogP contribution in [0.15, 0.2) is 24.3 Å². The lowest BCUT2D eigenvalue weighted by Crippen LogP contribution is -2.45. The van der Waals surface area contributed by atoms with E-state index >= 15 is 0 Å². The molecule has 3 heterocycles. The van der Waals surface area contributed by atoms with Crippen LogP contribution in [-0.4, -0.2) is 55.1 Å². The largest absolute Gasteiger partial charge is 0.381 e. The summed E-state index contributed by atoms with van der Waals surface area (Å²) in [7, 11) is 0. The summed E-state index contributed by atoms with van der Waals surface area (Å²) in [6, 6.07) is 8.87. The number of ether oxygens (including phenoxy) is 1. The molecule has 142 valence electrons. The van der Waals surface area contributed by atoms with Gasteiger partial charge in [0.05, 0.1) is 0 Å². The lowest BCUT2D eigenvalue weighted by molar-refractivity contribution is -0.138. The van der Waals surface area contributed by atoms with Crippen molar-refractivity contribution in [3.63, 3.8) is 0 Å². The van der Waals surface area contributed by atoms with Crippen LogP contribution < -0.4 is 0 Å². The Hall–Kier alpha value is -1.39. The number of aryl methyl sites for hydroxylation is 1. The second-order valence-electron chi connectivity index (χ2n) is 8.70. The molecule has 0 aromatic heterocycles. The zero-order valence-corrected chi connectivity index (χ0v) is 16.1. The highest BCUT2D eigenvalue weighted by Crippen LogP contribution is 2.40. The molecule has 1 atom stereocenters. The van der Waals surface area contributed by atoms with Crippen molar-refractivity contribution >= 4 is 5.91 Å². The van der Waals surface area contributed by atoms with Gasteiger partial charge in [-0.15, -0.1) is 0 Å². The summed E-state index contributed by atoms with van der Waals surface area (Å²) in [5.74, 6) is 0.590. The van der Waals surface area contributed by atoms with E-state index < -0.39 is 0 Å². The number of carbonyl (C=O) groups excluding carboxylic acids is 1. The average Bonchev–Trinajstić information content (AvgIpc) is 3.05. The normalized spacial score (nSPS) is 28.0. The van der Waals surface area contributed by atoms with Crippen LogP contribution in [0.2, 0.25) is 0 Å². The van der Waals surface area contributed by atoms with Crippen molar-refractivity contribution < 1.29 is 9.53 Å². The van der Waals surface area contributed by atoms with Gasteiger partial charge in [-0.05, 0) is 51.1 Å². The van der Waals surface area contributed by atoms with E-state index in [2.05, 4.69) is 41.0 Å². The molecule has 1 unspecified atom stereocenters. The third-order valence-electron chi connectivity index (χ3n) is 6.55. The predicted molar refractivity (Wildman–Crippen MR) is 103 cm³/mol. The minimum Gasteiger partial charge on any atom is -0.381 e. The number of hydrogen-bond donors (Lipinski definition) is 0. The number of likely N-dealkylation sites (tertiary alicyclic amines) is 2. The Balaban J connectivity index is 1.37. The smallest absolute Gasteiger partial charge is 0.225 e. The van der Waals surface area contributed by atoms with E-state index in [0.717, 1.165) is 52.2 Å². The Morgan fingerprint density at radius 2 is 2.04 bits per heavy atom. The van der Waals surface area contributed by atoms with Crippen LogP contribution in [0, 0.1) is 18.3 Å². The zero-order chi connectivity index (χ0) is 18.0. The Bertz CT molecular complexity index is 641. The molecule has 0 radical (unpaired) electrons. The number of carbonyl (C=O) groups is 1. The lowest BCUT2D eigenvalue weighted by atomic mass is 9.79. The first-order chi connectivity index (χ1) is 12.6. The molecule has 1 spiro atoms. The highest BCUT2D eigenvalue weighted by molar-refractivity contribution is 5.79. The van der Waals surface area contributed by atoms with E-state index in [0.29, 0.717) is 11.3 Å².